The molecule has 2 rings (SSSR count). The van der Waals surface area contributed by atoms with E-state index in [9.17, 15) is 9.59 Å². The molecule has 0 aromatic heterocycles. The van der Waals surface area contributed by atoms with Gasteiger partial charge < -0.3 is 4.90 Å². The molecule has 1 fully saturated rings. The first-order valence-corrected chi connectivity index (χ1v) is 7.99. The molecule has 0 radical (unpaired) electrons. The molecule has 0 spiro atoms. The number of hydrogen-bond donors (Lipinski definition) is 0. The summed E-state index contributed by atoms with van der Waals surface area (Å²) in [7, 11) is 0. The molecule has 1 atom stereocenters. The molecule has 114 valence electrons. The van der Waals surface area contributed by atoms with Crippen LogP contribution in [-0.2, 0) is 16.0 Å². The average Bonchev–Trinajstić information content (AvgIpc) is 2.71. The number of nitrogens with zero attached hydrogens (tertiary/aromatic N) is 1. The summed E-state index contributed by atoms with van der Waals surface area (Å²) in [4.78, 5) is 25.9. The number of hydrogen-bond acceptors (Lipinski definition) is 2. The van der Waals surface area contributed by atoms with E-state index in [2.05, 4.69) is 12.1 Å². The Morgan fingerprint density at radius 3 is 2.62 bits per heavy atom. The van der Waals surface area contributed by atoms with Crippen molar-refractivity contribution in [2.75, 3.05) is 6.54 Å². The molecule has 1 unspecified atom stereocenters. The molecule has 1 heterocycles. The lowest BCUT2D eigenvalue weighted by Crippen LogP contribution is -2.41. The van der Waals surface area contributed by atoms with Crippen molar-refractivity contribution in [1.29, 1.82) is 0 Å². The molecule has 1 aliphatic rings. The third kappa shape index (κ3) is 5.00. The molecule has 0 bridgehead atoms. The van der Waals surface area contributed by atoms with Crippen LogP contribution < -0.4 is 0 Å². The van der Waals surface area contributed by atoms with Gasteiger partial charge in [-0.1, -0.05) is 43.2 Å². The highest BCUT2D eigenvalue weighted by molar-refractivity contribution is 5.79. The van der Waals surface area contributed by atoms with Crippen LogP contribution in [0, 0.1) is 0 Å². The van der Waals surface area contributed by atoms with E-state index in [0.29, 0.717) is 12.8 Å². The third-order valence-electron chi connectivity index (χ3n) is 4.19. The zero-order chi connectivity index (χ0) is 15.1. The fourth-order valence-electron chi connectivity index (χ4n) is 3.09. The van der Waals surface area contributed by atoms with E-state index < -0.39 is 0 Å². The Kier molecular flexibility index (Phi) is 5.97. The number of likely N-dealkylation sites (tertiary alicyclic amines) is 1. The van der Waals surface area contributed by atoms with Crippen molar-refractivity contribution in [3.8, 4) is 0 Å². The van der Waals surface area contributed by atoms with Gasteiger partial charge >= 0.3 is 0 Å². The smallest absolute Gasteiger partial charge is 0.223 e. The van der Waals surface area contributed by atoms with E-state index in [1.807, 2.05) is 23.1 Å². The number of rotatable bonds is 5. The molecule has 1 amide bonds. The van der Waals surface area contributed by atoms with Gasteiger partial charge in [0.15, 0.2) is 0 Å². The van der Waals surface area contributed by atoms with Gasteiger partial charge in [-0.3, -0.25) is 9.59 Å². The Bertz CT molecular complexity index is 469. The quantitative estimate of drug-likeness (QED) is 0.832. The number of amides is 1. The van der Waals surface area contributed by atoms with E-state index in [0.717, 1.165) is 38.6 Å². The van der Waals surface area contributed by atoms with Gasteiger partial charge in [0, 0.05) is 25.4 Å². The molecule has 0 aliphatic carbocycles. The molecule has 21 heavy (non-hydrogen) atoms. The number of carbonyl (C=O) groups excluding carboxylic acids is 2. The summed E-state index contributed by atoms with van der Waals surface area (Å²) in [5.41, 5.74) is 1.20. The number of ketones is 1. The van der Waals surface area contributed by atoms with Crippen molar-refractivity contribution < 1.29 is 9.59 Å². The average molecular weight is 287 g/mol. The highest BCUT2D eigenvalue weighted by Gasteiger charge is 2.25. The Morgan fingerprint density at radius 1 is 1.14 bits per heavy atom. The van der Waals surface area contributed by atoms with E-state index in [-0.39, 0.29) is 17.7 Å². The Morgan fingerprint density at radius 2 is 1.90 bits per heavy atom. The monoisotopic (exact) mass is 287 g/mol. The van der Waals surface area contributed by atoms with Gasteiger partial charge in [-0.2, -0.15) is 0 Å². The first-order valence-electron chi connectivity index (χ1n) is 7.99. The van der Waals surface area contributed by atoms with Crippen molar-refractivity contribution in [3.05, 3.63) is 35.9 Å². The fraction of sp³-hybridized carbons (Fsp3) is 0.556. The second kappa shape index (κ2) is 7.96. The van der Waals surface area contributed by atoms with Crippen LogP contribution in [-0.4, -0.2) is 29.2 Å². The van der Waals surface area contributed by atoms with Crippen LogP contribution in [0.5, 0.6) is 0 Å². The van der Waals surface area contributed by atoms with E-state index in [1.54, 1.807) is 6.92 Å². The maximum atomic E-state index is 12.5. The van der Waals surface area contributed by atoms with Gasteiger partial charge in [0.2, 0.25) is 5.91 Å². The molecule has 3 heteroatoms. The van der Waals surface area contributed by atoms with Crippen LogP contribution in [0.3, 0.4) is 0 Å². The summed E-state index contributed by atoms with van der Waals surface area (Å²) >= 11 is 0. The minimum atomic E-state index is 0.119. The lowest BCUT2D eigenvalue weighted by molar-refractivity contribution is -0.134. The van der Waals surface area contributed by atoms with Crippen LogP contribution in [0.25, 0.3) is 0 Å². The van der Waals surface area contributed by atoms with Crippen molar-refractivity contribution in [2.24, 2.45) is 0 Å². The minimum Gasteiger partial charge on any atom is -0.339 e. The maximum absolute atomic E-state index is 12.5. The summed E-state index contributed by atoms with van der Waals surface area (Å²) in [6.45, 7) is 2.43. The summed E-state index contributed by atoms with van der Waals surface area (Å²) in [5, 5.41) is 0. The molecule has 3 nitrogen and oxygen atoms in total. The minimum absolute atomic E-state index is 0.119. The van der Waals surface area contributed by atoms with Crippen LogP contribution in [0.4, 0.5) is 0 Å². The Hall–Kier alpha value is -1.64. The normalized spacial score (nSPS) is 19.1. The van der Waals surface area contributed by atoms with Crippen LogP contribution in [0.2, 0.25) is 0 Å². The predicted octanol–water partition coefficient (Wildman–Crippen LogP) is 3.37. The van der Waals surface area contributed by atoms with E-state index >= 15 is 0 Å². The topological polar surface area (TPSA) is 37.4 Å². The molecule has 1 saturated heterocycles. The lowest BCUT2D eigenvalue weighted by atomic mass is 10.0. The zero-order valence-electron chi connectivity index (χ0n) is 12.9. The van der Waals surface area contributed by atoms with Crippen molar-refractivity contribution in [3.63, 3.8) is 0 Å². The first-order chi connectivity index (χ1) is 10.2. The van der Waals surface area contributed by atoms with Gasteiger partial charge in [0.25, 0.3) is 0 Å². The lowest BCUT2D eigenvalue weighted by Gasteiger charge is -2.29. The Labute approximate surface area is 127 Å². The van der Waals surface area contributed by atoms with Crippen molar-refractivity contribution in [2.45, 2.75) is 57.9 Å². The van der Waals surface area contributed by atoms with Crippen LogP contribution in [0.1, 0.15) is 51.0 Å². The summed E-state index contributed by atoms with van der Waals surface area (Å²) in [6.07, 6.45) is 6.15. The summed E-state index contributed by atoms with van der Waals surface area (Å²) < 4.78 is 0. The molecule has 1 aromatic carbocycles. The summed E-state index contributed by atoms with van der Waals surface area (Å²) in [5.74, 6) is 0.384. The predicted molar refractivity (Wildman–Crippen MR) is 84.0 cm³/mol. The fourth-order valence-corrected chi connectivity index (χ4v) is 3.09. The van der Waals surface area contributed by atoms with E-state index in [4.69, 9.17) is 0 Å². The number of carbonyl (C=O) groups is 2. The number of aryl methyl sites for hydroxylation is 1. The second-order valence-electron chi connectivity index (χ2n) is 5.98. The number of benzene rings is 1. The molecule has 1 aliphatic heterocycles. The molecule has 0 saturated carbocycles. The van der Waals surface area contributed by atoms with Gasteiger partial charge in [0.05, 0.1) is 0 Å². The third-order valence-corrected chi connectivity index (χ3v) is 4.19. The van der Waals surface area contributed by atoms with Crippen molar-refractivity contribution in [1.82, 2.24) is 4.90 Å². The maximum Gasteiger partial charge on any atom is 0.223 e. The molecular formula is C18H25NO2. The van der Waals surface area contributed by atoms with Gasteiger partial charge in [0.1, 0.15) is 5.78 Å². The van der Waals surface area contributed by atoms with Crippen LogP contribution in [0.15, 0.2) is 30.3 Å². The highest BCUT2D eigenvalue weighted by atomic mass is 16.2. The molecule has 1 aromatic rings. The van der Waals surface area contributed by atoms with E-state index in [1.165, 1.54) is 5.56 Å². The molecular weight excluding hydrogens is 262 g/mol. The van der Waals surface area contributed by atoms with Crippen molar-refractivity contribution >= 4 is 11.7 Å². The largest absolute Gasteiger partial charge is 0.339 e. The van der Waals surface area contributed by atoms with Crippen LogP contribution >= 0.6 is 0 Å². The van der Waals surface area contributed by atoms with Gasteiger partial charge in [-0.05, 0) is 31.7 Å². The van der Waals surface area contributed by atoms with Gasteiger partial charge in [-0.15, -0.1) is 0 Å². The second-order valence-corrected chi connectivity index (χ2v) is 5.98. The SMILES string of the molecule is CC(=O)CC1CCCCCN1C(=O)CCc1ccccc1. The van der Waals surface area contributed by atoms with Gasteiger partial charge in [-0.25, -0.2) is 0 Å². The Balaban J connectivity index is 1.95. The zero-order valence-corrected chi connectivity index (χ0v) is 12.9. The highest BCUT2D eigenvalue weighted by Crippen LogP contribution is 2.21. The standard InChI is InChI=1S/C18H25NO2/c1-15(20)14-17-10-6-3-7-13-19(17)18(21)12-11-16-8-4-2-5-9-16/h2,4-5,8-9,17H,3,6-7,10-14H2,1H3. The summed E-state index contributed by atoms with van der Waals surface area (Å²) in [6, 6.07) is 10.2. The number of Topliss-reactive ketones (excluding diaryl/α,β-unsaturated/α-hetero) is 1. The molecule has 0 N–H and O–H groups in total. The first kappa shape index (κ1) is 15.7.